The maximum Gasteiger partial charge on any atom is 0.269 e. The van der Waals surface area contributed by atoms with Crippen LogP contribution >= 0.6 is 0 Å². The van der Waals surface area contributed by atoms with Gasteiger partial charge < -0.3 is 0 Å². The monoisotopic (exact) mass is 186 g/mol. The molecule has 0 fully saturated rings. The molecule has 2 heteroatoms. The fourth-order valence-corrected chi connectivity index (χ4v) is 0.960. The highest BCUT2D eigenvalue weighted by Gasteiger charge is 2.27. The largest absolute Gasteiger partial charge is 0.269 e. The van der Waals surface area contributed by atoms with Crippen LogP contribution in [0.4, 0.5) is 8.78 Å². The molecule has 0 saturated carbocycles. The van der Waals surface area contributed by atoms with E-state index in [1.807, 2.05) is 0 Å². The Morgan fingerprint density at radius 1 is 1.38 bits per heavy atom. The van der Waals surface area contributed by atoms with Gasteiger partial charge in [-0.1, -0.05) is 37.3 Å². The van der Waals surface area contributed by atoms with Crippen LogP contribution in [0.5, 0.6) is 0 Å². The van der Waals surface area contributed by atoms with Gasteiger partial charge in [0.2, 0.25) is 0 Å². The molecule has 0 spiro atoms. The Kier molecular flexibility index (Phi) is 4.60. The summed E-state index contributed by atoms with van der Waals surface area (Å²) in [5.41, 5.74) is 0.895. The third-order valence-corrected chi connectivity index (χ3v) is 1.85. The number of allylic oxidation sites excluding steroid dienone is 5. The van der Waals surface area contributed by atoms with Gasteiger partial charge >= 0.3 is 0 Å². The molecule has 0 atom stereocenters. The Morgan fingerprint density at radius 2 is 1.92 bits per heavy atom. The van der Waals surface area contributed by atoms with Crippen LogP contribution in [0, 0.1) is 0 Å². The quantitative estimate of drug-likeness (QED) is 0.579. The molecular weight excluding hydrogens is 170 g/mol. The van der Waals surface area contributed by atoms with Crippen molar-refractivity contribution in [2.45, 2.75) is 33.1 Å². The van der Waals surface area contributed by atoms with E-state index in [9.17, 15) is 8.78 Å². The summed E-state index contributed by atoms with van der Waals surface area (Å²) in [4.78, 5) is 0. The zero-order valence-corrected chi connectivity index (χ0v) is 8.40. The Morgan fingerprint density at radius 3 is 2.31 bits per heavy atom. The summed E-state index contributed by atoms with van der Waals surface area (Å²) in [7, 11) is 0. The molecule has 0 aromatic rings. The maximum absolute atomic E-state index is 13.0. The highest BCUT2D eigenvalue weighted by Crippen LogP contribution is 2.27. The Bertz CT molecular complexity index is 234. The molecule has 0 heterocycles. The second kappa shape index (κ2) is 4.95. The lowest BCUT2D eigenvalue weighted by Crippen LogP contribution is -2.15. The van der Waals surface area contributed by atoms with Crippen molar-refractivity contribution in [3.05, 3.63) is 36.0 Å². The molecule has 74 valence electrons. The lowest BCUT2D eigenvalue weighted by atomic mass is 10.1. The Labute approximate surface area is 78.7 Å². The van der Waals surface area contributed by atoms with Crippen molar-refractivity contribution in [3.63, 3.8) is 0 Å². The van der Waals surface area contributed by atoms with Gasteiger partial charge in [0.15, 0.2) is 0 Å². The fraction of sp³-hybridized carbons (Fsp3) is 0.455. The van der Waals surface area contributed by atoms with E-state index in [-0.39, 0.29) is 12.0 Å². The van der Waals surface area contributed by atoms with Crippen molar-refractivity contribution in [2.24, 2.45) is 0 Å². The molecule has 0 rings (SSSR count). The first-order valence-corrected chi connectivity index (χ1v) is 4.30. The van der Waals surface area contributed by atoms with Gasteiger partial charge in [-0.25, -0.2) is 8.78 Å². The smallest absolute Gasteiger partial charge is 0.202 e. The minimum atomic E-state index is -2.68. The van der Waals surface area contributed by atoms with Crippen molar-refractivity contribution >= 4 is 0 Å². The molecule has 0 aromatic carbocycles. The summed E-state index contributed by atoms with van der Waals surface area (Å²) >= 11 is 0. The van der Waals surface area contributed by atoms with E-state index in [4.69, 9.17) is 0 Å². The zero-order valence-electron chi connectivity index (χ0n) is 8.40. The molecule has 0 aliphatic heterocycles. The van der Waals surface area contributed by atoms with E-state index in [1.54, 1.807) is 19.1 Å². The van der Waals surface area contributed by atoms with Gasteiger partial charge in [-0.05, 0) is 19.4 Å². The predicted octanol–water partition coefficient (Wildman–Crippen LogP) is 4.11. The van der Waals surface area contributed by atoms with Crippen LogP contribution in [0.1, 0.15) is 27.2 Å². The maximum atomic E-state index is 13.0. The number of rotatable bonds is 4. The second-order valence-electron chi connectivity index (χ2n) is 3.03. The van der Waals surface area contributed by atoms with Crippen LogP contribution in [0.25, 0.3) is 0 Å². The average molecular weight is 186 g/mol. The molecule has 0 unspecified atom stereocenters. The third-order valence-electron chi connectivity index (χ3n) is 1.85. The van der Waals surface area contributed by atoms with E-state index in [2.05, 4.69) is 6.58 Å². The summed E-state index contributed by atoms with van der Waals surface area (Å²) in [6.07, 6.45) is 4.63. The van der Waals surface area contributed by atoms with E-state index in [0.717, 1.165) is 5.57 Å². The molecule has 13 heavy (non-hydrogen) atoms. The molecule has 0 bridgehead atoms. The summed E-state index contributed by atoms with van der Waals surface area (Å²) in [5, 5.41) is 0. The Balaban J connectivity index is 4.67. The van der Waals surface area contributed by atoms with Crippen LogP contribution in [0.2, 0.25) is 0 Å². The highest BCUT2D eigenvalue weighted by atomic mass is 19.3. The topological polar surface area (TPSA) is 0 Å². The third kappa shape index (κ3) is 4.02. The lowest BCUT2D eigenvalue weighted by molar-refractivity contribution is 0.0376. The highest BCUT2D eigenvalue weighted by molar-refractivity contribution is 5.26. The SMILES string of the molecule is C=C/C=C(C)\C=C(/C)C(F)(F)CC. The number of hydrogen-bond acceptors (Lipinski definition) is 0. The van der Waals surface area contributed by atoms with Gasteiger partial charge in [0.25, 0.3) is 5.92 Å². The van der Waals surface area contributed by atoms with Crippen LogP contribution < -0.4 is 0 Å². The van der Waals surface area contributed by atoms with Gasteiger partial charge in [0.05, 0.1) is 0 Å². The van der Waals surface area contributed by atoms with Gasteiger partial charge in [-0.15, -0.1) is 0 Å². The summed E-state index contributed by atoms with van der Waals surface area (Å²) in [6.45, 7) is 8.20. The average Bonchev–Trinajstić information content (AvgIpc) is 2.04. The minimum Gasteiger partial charge on any atom is -0.202 e. The van der Waals surface area contributed by atoms with Crippen molar-refractivity contribution in [3.8, 4) is 0 Å². The van der Waals surface area contributed by atoms with Crippen molar-refractivity contribution in [2.75, 3.05) is 0 Å². The lowest BCUT2D eigenvalue weighted by Gasteiger charge is -2.14. The van der Waals surface area contributed by atoms with Crippen LogP contribution in [-0.4, -0.2) is 5.92 Å². The molecule has 0 aliphatic rings. The number of alkyl halides is 2. The molecule has 0 nitrogen and oxygen atoms in total. The molecule has 0 radical (unpaired) electrons. The van der Waals surface area contributed by atoms with E-state index in [1.165, 1.54) is 19.9 Å². The van der Waals surface area contributed by atoms with Gasteiger partial charge in [-0.3, -0.25) is 0 Å². The van der Waals surface area contributed by atoms with Gasteiger partial charge in [0.1, 0.15) is 0 Å². The molecule has 0 saturated heterocycles. The molecule has 0 N–H and O–H groups in total. The zero-order chi connectivity index (χ0) is 10.5. The molecule has 0 amide bonds. The fourth-order valence-electron chi connectivity index (χ4n) is 0.960. The van der Waals surface area contributed by atoms with Gasteiger partial charge in [-0.2, -0.15) is 0 Å². The minimum absolute atomic E-state index is 0.102. The summed E-state index contributed by atoms with van der Waals surface area (Å²) in [5.74, 6) is -2.68. The summed E-state index contributed by atoms with van der Waals surface area (Å²) in [6, 6.07) is 0. The molecular formula is C11H16F2. The number of halogens is 2. The first kappa shape index (κ1) is 12.1. The van der Waals surface area contributed by atoms with Crippen LogP contribution in [0.3, 0.4) is 0 Å². The van der Waals surface area contributed by atoms with Crippen molar-refractivity contribution in [1.82, 2.24) is 0 Å². The second-order valence-corrected chi connectivity index (χ2v) is 3.03. The molecule has 0 aliphatic carbocycles. The van der Waals surface area contributed by atoms with Gasteiger partial charge in [0, 0.05) is 6.42 Å². The van der Waals surface area contributed by atoms with E-state index < -0.39 is 5.92 Å². The Hall–Kier alpha value is -0.920. The van der Waals surface area contributed by atoms with E-state index in [0.29, 0.717) is 0 Å². The van der Waals surface area contributed by atoms with Crippen LogP contribution in [-0.2, 0) is 0 Å². The first-order chi connectivity index (χ1) is 5.94. The van der Waals surface area contributed by atoms with E-state index >= 15 is 0 Å². The first-order valence-electron chi connectivity index (χ1n) is 4.30. The van der Waals surface area contributed by atoms with Crippen LogP contribution in [0.15, 0.2) is 36.0 Å². The van der Waals surface area contributed by atoms with Crippen molar-refractivity contribution < 1.29 is 8.78 Å². The van der Waals surface area contributed by atoms with Crippen molar-refractivity contribution in [1.29, 1.82) is 0 Å². The molecule has 0 aromatic heterocycles. The summed E-state index contributed by atoms with van der Waals surface area (Å²) < 4.78 is 26.1. The normalized spacial score (nSPS) is 14.5. The predicted molar refractivity (Wildman–Crippen MR) is 52.9 cm³/mol. The standard InChI is InChI=1S/C11H16F2/c1-5-7-9(3)8-10(4)11(12,13)6-2/h5,7-8H,1,6H2,2-4H3/b9-7-,10-8+. The number of hydrogen-bond donors (Lipinski definition) is 0.